The average Bonchev–Trinajstić information content (AvgIpc) is 3.14. The van der Waals surface area contributed by atoms with E-state index in [4.69, 9.17) is 0 Å². The van der Waals surface area contributed by atoms with Crippen molar-refractivity contribution >= 4 is 22.9 Å². The zero-order valence-electron chi connectivity index (χ0n) is 11.2. The second kappa shape index (κ2) is 4.82. The molecule has 4 heteroatoms. The van der Waals surface area contributed by atoms with Crippen molar-refractivity contribution in [3.8, 4) is 11.1 Å². The molecule has 1 N–H and O–H groups in total. The first-order chi connectivity index (χ1) is 10.3. The van der Waals surface area contributed by atoms with Crippen LogP contribution >= 0.6 is 11.3 Å². The molecule has 0 aliphatic heterocycles. The van der Waals surface area contributed by atoms with E-state index in [9.17, 15) is 4.79 Å². The smallest absolute Gasteiger partial charge is 0.267 e. The summed E-state index contributed by atoms with van der Waals surface area (Å²) >= 11 is 1.34. The number of amides is 1. The van der Waals surface area contributed by atoms with Gasteiger partial charge in [0.2, 0.25) is 0 Å². The van der Waals surface area contributed by atoms with Gasteiger partial charge in [0.1, 0.15) is 4.88 Å². The highest BCUT2D eigenvalue weighted by Crippen LogP contribution is 2.37. The minimum absolute atomic E-state index is 0.108. The lowest BCUT2D eigenvalue weighted by Crippen LogP contribution is -2.10. The van der Waals surface area contributed by atoms with Crippen molar-refractivity contribution in [3.63, 3.8) is 0 Å². The molecule has 0 atom stereocenters. The Morgan fingerprint density at radius 2 is 1.95 bits per heavy atom. The van der Waals surface area contributed by atoms with Gasteiger partial charge in [0.25, 0.3) is 5.91 Å². The third-order valence-corrected chi connectivity index (χ3v) is 4.48. The van der Waals surface area contributed by atoms with Gasteiger partial charge in [-0.25, -0.2) is 0 Å². The van der Waals surface area contributed by atoms with Crippen molar-refractivity contribution in [1.29, 1.82) is 0 Å². The van der Waals surface area contributed by atoms with Crippen LogP contribution in [0.15, 0.2) is 54.2 Å². The van der Waals surface area contributed by atoms with Crippen molar-refractivity contribution in [2.24, 2.45) is 0 Å². The second-order valence-corrected chi connectivity index (χ2v) is 5.91. The fraction of sp³-hybridized carbons (Fsp3) is 0.0588. The Labute approximate surface area is 126 Å². The lowest BCUT2D eigenvalue weighted by Gasteiger charge is -2.07. The second-order valence-electron chi connectivity index (χ2n) is 5.03. The Bertz CT molecular complexity index is 825. The van der Waals surface area contributed by atoms with Crippen LogP contribution in [0.1, 0.15) is 20.8 Å². The van der Waals surface area contributed by atoms with Crippen LogP contribution < -0.4 is 5.32 Å². The molecule has 0 radical (unpaired) electrons. The predicted molar refractivity (Wildman–Crippen MR) is 84.8 cm³/mol. The van der Waals surface area contributed by atoms with E-state index in [0.29, 0.717) is 4.88 Å². The summed E-state index contributed by atoms with van der Waals surface area (Å²) in [6, 6.07) is 14.5. The molecule has 0 unspecified atom stereocenters. The first kappa shape index (κ1) is 12.3. The first-order valence-electron chi connectivity index (χ1n) is 6.72. The Kier molecular flexibility index (Phi) is 2.82. The number of carbonyl (C=O) groups is 1. The fourth-order valence-corrected chi connectivity index (χ4v) is 3.24. The number of thiazole rings is 1. The van der Waals surface area contributed by atoms with Crippen LogP contribution in [0.4, 0.5) is 5.69 Å². The van der Waals surface area contributed by atoms with Gasteiger partial charge in [-0.3, -0.25) is 9.78 Å². The molecular formula is C17H12N2OS. The molecule has 1 aliphatic carbocycles. The van der Waals surface area contributed by atoms with Gasteiger partial charge in [0, 0.05) is 5.69 Å². The van der Waals surface area contributed by atoms with Crippen LogP contribution in [-0.2, 0) is 6.42 Å². The monoisotopic (exact) mass is 292 g/mol. The van der Waals surface area contributed by atoms with Gasteiger partial charge < -0.3 is 5.32 Å². The van der Waals surface area contributed by atoms with Gasteiger partial charge in [-0.2, -0.15) is 0 Å². The van der Waals surface area contributed by atoms with E-state index in [2.05, 4.69) is 46.7 Å². The van der Waals surface area contributed by atoms with E-state index < -0.39 is 0 Å². The van der Waals surface area contributed by atoms with Crippen molar-refractivity contribution in [1.82, 2.24) is 4.98 Å². The number of anilines is 1. The standard InChI is InChI=1S/C17H12N2OS/c20-17(16-9-18-10-21-16)19-13-6-5-12-7-11-3-1-2-4-14(11)15(12)8-13/h1-6,8-10H,7H2,(H,19,20). The average molecular weight is 292 g/mol. The Morgan fingerprint density at radius 1 is 1.10 bits per heavy atom. The van der Waals surface area contributed by atoms with Crippen LogP contribution in [0.5, 0.6) is 0 Å². The highest BCUT2D eigenvalue weighted by molar-refractivity contribution is 7.11. The first-order valence-corrected chi connectivity index (χ1v) is 7.60. The van der Waals surface area contributed by atoms with Gasteiger partial charge in [-0.1, -0.05) is 30.3 Å². The molecule has 0 saturated heterocycles. The molecular weight excluding hydrogens is 280 g/mol. The molecule has 102 valence electrons. The van der Waals surface area contributed by atoms with Crippen LogP contribution in [0.3, 0.4) is 0 Å². The SMILES string of the molecule is O=C(Nc1ccc2c(c1)-c1ccccc1C2)c1cncs1. The summed E-state index contributed by atoms with van der Waals surface area (Å²) in [7, 11) is 0. The van der Waals surface area contributed by atoms with Crippen molar-refractivity contribution in [2.75, 3.05) is 5.32 Å². The minimum Gasteiger partial charge on any atom is -0.321 e. The maximum absolute atomic E-state index is 12.1. The number of hydrogen-bond donors (Lipinski definition) is 1. The molecule has 0 spiro atoms. The molecule has 1 amide bonds. The molecule has 4 rings (SSSR count). The van der Waals surface area contributed by atoms with E-state index in [0.717, 1.165) is 12.1 Å². The maximum atomic E-state index is 12.1. The van der Waals surface area contributed by atoms with Gasteiger partial charge in [-0.15, -0.1) is 11.3 Å². The zero-order chi connectivity index (χ0) is 14.2. The van der Waals surface area contributed by atoms with Crippen LogP contribution in [-0.4, -0.2) is 10.9 Å². The van der Waals surface area contributed by atoms with Gasteiger partial charge in [0.15, 0.2) is 0 Å². The number of hydrogen-bond acceptors (Lipinski definition) is 3. The molecule has 0 saturated carbocycles. The molecule has 1 aromatic heterocycles. The van der Waals surface area contributed by atoms with Crippen molar-refractivity contribution < 1.29 is 4.79 Å². The van der Waals surface area contributed by atoms with Gasteiger partial charge >= 0.3 is 0 Å². The maximum Gasteiger partial charge on any atom is 0.267 e. The summed E-state index contributed by atoms with van der Waals surface area (Å²) in [5, 5.41) is 2.94. The third kappa shape index (κ3) is 2.14. The van der Waals surface area contributed by atoms with Crippen molar-refractivity contribution in [3.05, 3.63) is 70.2 Å². The molecule has 21 heavy (non-hydrogen) atoms. The highest BCUT2D eigenvalue weighted by atomic mass is 32.1. The lowest BCUT2D eigenvalue weighted by atomic mass is 10.1. The topological polar surface area (TPSA) is 42.0 Å². The Hall–Kier alpha value is -2.46. The predicted octanol–water partition coefficient (Wildman–Crippen LogP) is 3.97. The Morgan fingerprint density at radius 3 is 2.81 bits per heavy atom. The molecule has 1 heterocycles. The molecule has 0 bridgehead atoms. The molecule has 3 nitrogen and oxygen atoms in total. The number of carbonyl (C=O) groups excluding carboxylic acids is 1. The number of benzene rings is 2. The molecule has 2 aromatic carbocycles. The summed E-state index contributed by atoms with van der Waals surface area (Å²) in [5.74, 6) is -0.108. The number of rotatable bonds is 2. The Balaban J connectivity index is 1.67. The van der Waals surface area contributed by atoms with Gasteiger partial charge in [-0.05, 0) is 40.8 Å². The van der Waals surface area contributed by atoms with Crippen LogP contribution in [0.2, 0.25) is 0 Å². The summed E-state index contributed by atoms with van der Waals surface area (Å²) in [4.78, 5) is 16.6. The zero-order valence-corrected chi connectivity index (χ0v) is 12.0. The van der Waals surface area contributed by atoms with E-state index in [1.54, 1.807) is 11.7 Å². The lowest BCUT2D eigenvalue weighted by molar-refractivity contribution is 0.103. The molecule has 1 aliphatic rings. The van der Waals surface area contributed by atoms with E-state index >= 15 is 0 Å². The number of aromatic nitrogens is 1. The van der Waals surface area contributed by atoms with E-state index in [1.807, 2.05) is 6.07 Å². The fourth-order valence-electron chi connectivity index (χ4n) is 2.72. The van der Waals surface area contributed by atoms with Crippen LogP contribution in [0, 0.1) is 0 Å². The molecule has 3 aromatic rings. The summed E-state index contributed by atoms with van der Waals surface area (Å²) in [5.41, 5.74) is 7.62. The normalized spacial score (nSPS) is 11.8. The highest BCUT2D eigenvalue weighted by Gasteiger charge is 2.18. The van der Waals surface area contributed by atoms with Crippen LogP contribution in [0.25, 0.3) is 11.1 Å². The largest absolute Gasteiger partial charge is 0.321 e. The molecule has 0 fully saturated rings. The minimum atomic E-state index is -0.108. The third-order valence-electron chi connectivity index (χ3n) is 3.71. The van der Waals surface area contributed by atoms with Gasteiger partial charge in [0.05, 0.1) is 11.7 Å². The number of nitrogens with zero attached hydrogens (tertiary/aromatic N) is 1. The summed E-state index contributed by atoms with van der Waals surface area (Å²) in [6.07, 6.45) is 2.55. The summed E-state index contributed by atoms with van der Waals surface area (Å²) in [6.45, 7) is 0. The quantitative estimate of drug-likeness (QED) is 0.607. The van der Waals surface area contributed by atoms with E-state index in [-0.39, 0.29) is 5.91 Å². The van der Waals surface area contributed by atoms with Crippen molar-refractivity contribution in [2.45, 2.75) is 6.42 Å². The number of nitrogens with one attached hydrogen (secondary N) is 1. The van der Waals surface area contributed by atoms with E-state index in [1.165, 1.54) is 33.6 Å². The number of fused-ring (bicyclic) bond motifs is 3. The summed E-state index contributed by atoms with van der Waals surface area (Å²) < 4.78 is 0.